The van der Waals surface area contributed by atoms with E-state index in [1.54, 1.807) is 0 Å². The molecule has 0 fully saturated rings. The monoisotopic (exact) mass is 744 g/mol. The van der Waals surface area contributed by atoms with Gasteiger partial charge in [-0.25, -0.2) is 0 Å². The predicted octanol–water partition coefficient (Wildman–Crippen LogP) is 4.30. The van der Waals surface area contributed by atoms with Crippen molar-refractivity contribution in [2.75, 3.05) is 39.6 Å². The first-order valence-electron chi connectivity index (χ1n) is 15.1. The normalized spacial score (nSPS) is 10.8. The summed E-state index contributed by atoms with van der Waals surface area (Å²) in [6.07, 6.45) is 7.35. The Labute approximate surface area is 284 Å². The van der Waals surface area contributed by atoms with Crippen LogP contribution in [0.5, 0.6) is 0 Å². The lowest BCUT2D eigenvalue weighted by molar-refractivity contribution is 0.150. The zero-order valence-corrected chi connectivity index (χ0v) is 29.8. The number of aliphatic hydroxyl groups is 6. The smallest absolute Gasteiger partial charge is 0.129 e. The molecule has 8 heteroatoms. The number of rotatable bonds is 12. The minimum atomic E-state index is -1.32. The maximum Gasteiger partial charge on any atom is 0.129 e. The van der Waals surface area contributed by atoms with E-state index in [9.17, 15) is 0 Å². The maximum atomic E-state index is 9.04. The average molecular weight is 745 g/mol. The second-order valence-electron chi connectivity index (χ2n) is 12.0. The molecule has 6 N–H and O–H groups in total. The molecular formula is C37H49IO6Si. The van der Waals surface area contributed by atoms with E-state index in [0.29, 0.717) is 12.8 Å². The van der Waals surface area contributed by atoms with Crippen molar-refractivity contribution in [1.29, 1.82) is 0 Å². The van der Waals surface area contributed by atoms with Crippen molar-refractivity contribution in [2.24, 2.45) is 17.8 Å². The Morgan fingerprint density at radius 2 is 0.867 bits per heavy atom. The number of aliphatic hydroxyl groups excluding tert-OH is 6. The van der Waals surface area contributed by atoms with E-state index in [-0.39, 0.29) is 57.4 Å². The van der Waals surface area contributed by atoms with Gasteiger partial charge in [-0.3, -0.25) is 0 Å². The summed E-state index contributed by atoms with van der Waals surface area (Å²) in [7, 11) is -1.32. The lowest BCUT2D eigenvalue weighted by Crippen LogP contribution is -2.16. The summed E-state index contributed by atoms with van der Waals surface area (Å²) in [5, 5.41) is 53.6. The van der Waals surface area contributed by atoms with Crippen molar-refractivity contribution in [1.82, 2.24) is 0 Å². The van der Waals surface area contributed by atoms with Gasteiger partial charge in [0.2, 0.25) is 0 Å². The largest absolute Gasteiger partial charge is 0.396 e. The van der Waals surface area contributed by atoms with E-state index in [2.05, 4.69) is 59.6 Å². The highest BCUT2D eigenvalue weighted by Crippen LogP contribution is 2.12. The van der Waals surface area contributed by atoms with Crippen LogP contribution in [0.2, 0.25) is 19.6 Å². The Hall–Kier alpha value is -2.51. The third kappa shape index (κ3) is 18.3. The van der Waals surface area contributed by atoms with Gasteiger partial charge >= 0.3 is 0 Å². The van der Waals surface area contributed by atoms with Crippen molar-refractivity contribution < 1.29 is 30.6 Å². The van der Waals surface area contributed by atoms with Gasteiger partial charge in [0.15, 0.2) is 0 Å². The van der Waals surface area contributed by atoms with Crippen LogP contribution in [0, 0.1) is 45.1 Å². The maximum absolute atomic E-state index is 9.04. The topological polar surface area (TPSA) is 121 Å². The Morgan fingerprint density at radius 1 is 0.556 bits per heavy atom. The number of hydrogen-bond donors (Lipinski definition) is 6. The quantitative estimate of drug-likeness (QED) is 0.0936. The van der Waals surface area contributed by atoms with Crippen LogP contribution in [-0.2, 0) is 19.3 Å². The molecular weight excluding hydrogens is 695 g/mol. The second kappa shape index (κ2) is 22.9. The third-order valence-electron chi connectivity index (χ3n) is 6.69. The molecule has 3 aromatic carbocycles. The van der Waals surface area contributed by atoms with E-state index in [1.165, 1.54) is 3.57 Å². The minimum absolute atomic E-state index is 0.00733. The highest BCUT2D eigenvalue weighted by molar-refractivity contribution is 14.1. The molecule has 0 atom stereocenters. The van der Waals surface area contributed by atoms with Gasteiger partial charge in [0.1, 0.15) is 8.07 Å². The summed E-state index contributed by atoms with van der Waals surface area (Å²) >= 11 is 2.25. The summed E-state index contributed by atoms with van der Waals surface area (Å²) in [5.74, 6) is 5.57. The highest BCUT2D eigenvalue weighted by Gasteiger charge is 2.09. The molecule has 0 aromatic heterocycles. The van der Waals surface area contributed by atoms with Crippen LogP contribution >= 0.6 is 22.6 Å². The second-order valence-corrected chi connectivity index (χ2v) is 18.0. The van der Waals surface area contributed by atoms with Crippen LogP contribution in [0.3, 0.4) is 0 Å². The van der Waals surface area contributed by atoms with Gasteiger partial charge in [0.05, 0.1) is 0 Å². The van der Waals surface area contributed by atoms with E-state index in [0.717, 1.165) is 34.2 Å². The summed E-state index contributed by atoms with van der Waals surface area (Å²) < 4.78 is 1.20. The van der Waals surface area contributed by atoms with Crippen molar-refractivity contribution in [2.45, 2.75) is 38.9 Å². The molecule has 0 aliphatic rings. The summed E-state index contributed by atoms with van der Waals surface area (Å²) in [6, 6.07) is 23.7. The molecule has 0 saturated carbocycles. The molecule has 0 bridgehead atoms. The molecule has 0 heterocycles. The molecule has 6 nitrogen and oxygen atoms in total. The molecule has 0 amide bonds. The van der Waals surface area contributed by atoms with Crippen LogP contribution in [0.1, 0.15) is 27.8 Å². The molecule has 0 unspecified atom stereocenters. The van der Waals surface area contributed by atoms with Crippen LogP contribution in [0.15, 0.2) is 72.8 Å². The Kier molecular flexibility index (Phi) is 20.6. The molecule has 0 spiro atoms. The molecule has 0 aliphatic heterocycles. The first-order valence-corrected chi connectivity index (χ1v) is 19.7. The van der Waals surface area contributed by atoms with Crippen LogP contribution in [0.4, 0.5) is 0 Å². The van der Waals surface area contributed by atoms with Gasteiger partial charge in [-0.05, 0) is 94.9 Å². The molecule has 45 heavy (non-hydrogen) atoms. The van der Waals surface area contributed by atoms with E-state index in [4.69, 9.17) is 37.1 Å². The number of terminal acetylenes is 1. The number of hydrogen-bond acceptors (Lipinski definition) is 6. The van der Waals surface area contributed by atoms with Gasteiger partial charge < -0.3 is 30.6 Å². The number of halogens is 1. The zero-order valence-electron chi connectivity index (χ0n) is 26.7. The minimum Gasteiger partial charge on any atom is -0.396 e. The van der Waals surface area contributed by atoms with Gasteiger partial charge in [-0.15, -0.1) is 12.0 Å². The third-order valence-corrected chi connectivity index (χ3v) is 8.29. The lowest BCUT2D eigenvalue weighted by atomic mass is 10.00. The van der Waals surface area contributed by atoms with Gasteiger partial charge in [-0.2, -0.15) is 0 Å². The summed E-state index contributed by atoms with van der Waals surface area (Å²) in [4.78, 5) is 0. The molecule has 3 aromatic rings. The standard InChI is InChI=1S/C15H22O2Si.C12H14O2.C10H13IO2/c1-18(2,3)9-8-13-4-6-14(7-5-13)10-15(11-16)12-17;1-2-10-3-5-11(6-4-10)7-12(8-13)9-14;11-10-3-1-8(2-4-10)5-9(6-12)7-13/h4-7,15-17H,10-12H2,1-3H3;1,3-6,12-14H,7-9H2;1-4,9,12-13H,5-7H2. The zero-order chi connectivity index (χ0) is 33.7. The van der Waals surface area contributed by atoms with E-state index >= 15 is 0 Å². The summed E-state index contributed by atoms with van der Waals surface area (Å²) in [6.45, 7) is 6.82. The van der Waals surface area contributed by atoms with Crippen LogP contribution in [-0.4, -0.2) is 78.4 Å². The van der Waals surface area contributed by atoms with Gasteiger partial charge in [0.25, 0.3) is 0 Å². The van der Waals surface area contributed by atoms with Crippen molar-refractivity contribution >= 4 is 30.7 Å². The molecule has 0 radical (unpaired) electrons. The van der Waals surface area contributed by atoms with E-state index < -0.39 is 8.07 Å². The SMILES string of the molecule is C#Cc1ccc(CC(CO)CO)cc1.C[Si](C)(C)C#Cc1ccc(CC(CO)CO)cc1.OCC(CO)Cc1ccc(I)cc1. The Morgan fingerprint density at radius 3 is 1.16 bits per heavy atom. The Bertz CT molecular complexity index is 1290. The number of benzene rings is 3. The molecule has 3 rings (SSSR count). The lowest BCUT2D eigenvalue weighted by Gasteiger charge is -2.10. The van der Waals surface area contributed by atoms with E-state index in [1.807, 2.05) is 72.8 Å². The summed E-state index contributed by atoms with van der Waals surface area (Å²) in [5.41, 5.74) is 8.58. The fourth-order valence-electron chi connectivity index (χ4n) is 3.90. The van der Waals surface area contributed by atoms with Gasteiger partial charge in [0, 0.05) is 72.1 Å². The average Bonchev–Trinajstić information content (AvgIpc) is 3.06. The van der Waals surface area contributed by atoms with Crippen molar-refractivity contribution in [3.8, 4) is 23.8 Å². The fourth-order valence-corrected chi connectivity index (χ4v) is 4.78. The van der Waals surface area contributed by atoms with Crippen LogP contribution in [0.25, 0.3) is 0 Å². The van der Waals surface area contributed by atoms with Crippen molar-refractivity contribution in [3.63, 3.8) is 0 Å². The molecule has 244 valence electrons. The first kappa shape index (κ1) is 40.5. The fraction of sp³-hybridized carbons (Fsp3) is 0.405. The predicted molar refractivity (Wildman–Crippen MR) is 194 cm³/mol. The van der Waals surface area contributed by atoms with Crippen LogP contribution < -0.4 is 0 Å². The molecule has 0 saturated heterocycles. The first-order chi connectivity index (χ1) is 21.5. The van der Waals surface area contributed by atoms with Gasteiger partial charge in [-0.1, -0.05) is 67.9 Å². The highest BCUT2D eigenvalue weighted by atomic mass is 127. The Balaban J connectivity index is 0.000000343. The molecule has 0 aliphatic carbocycles. The van der Waals surface area contributed by atoms with Crippen molar-refractivity contribution in [3.05, 3.63) is 104 Å².